The first-order valence-electron chi connectivity index (χ1n) is 9.11. The third-order valence-corrected chi connectivity index (χ3v) is 5.69. The molecule has 0 unspecified atom stereocenters. The molecule has 142 valence electrons. The fourth-order valence-corrected chi connectivity index (χ4v) is 4.03. The van der Waals surface area contributed by atoms with E-state index in [1.807, 2.05) is 41.3 Å². The second-order valence-electron chi connectivity index (χ2n) is 7.06. The summed E-state index contributed by atoms with van der Waals surface area (Å²) in [6.45, 7) is 4.06. The summed E-state index contributed by atoms with van der Waals surface area (Å²) in [6.07, 6.45) is 0.921. The molecule has 4 rings (SSSR count). The Kier molecular flexibility index (Phi) is 5.17. The van der Waals surface area contributed by atoms with Gasteiger partial charge in [-0.25, -0.2) is 4.79 Å². The zero-order valence-corrected chi connectivity index (χ0v) is 16.7. The van der Waals surface area contributed by atoms with Gasteiger partial charge in [-0.05, 0) is 55.4 Å². The van der Waals surface area contributed by atoms with Crippen molar-refractivity contribution in [2.45, 2.75) is 6.42 Å². The van der Waals surface area contributed by atoms with Crippen LogP contribution in [0.4, 0.5) is 21.9 Å². The number of amides is 2. The predicted molar refractivity (Wildman–Crippen MR) is 112 cm³/mol. The van der Waals surface area contributed by atoms with Crippen LogP contribution >= 0.6 is 23.2 Å². The van der Waals surface area contributed by atoms with Crippen LogP contribution in [0, 0.1) is 0 Å². The molecule has 2 aliphatic rings. The number of hydrogen-bond acceptors (Lipinski definition) is 3. The first kappa shape index (κ1) is 18.4. The van der Waals surface area contributed by atoms with E-state index in [0.29, 0.717) is 5.02 Å². The summed E-state index contributed by atoms with van der Waals surface area (Å²) < 4.78 is 0. The monoisotopic (exact) mass is 404 g/mol. The number of nitrogens with one attached hydrogen (secondary N) is 1. The number of rotatable bonds is 2. The number of nitrogens with zero attached hydrogens (tertiary/aromatic N) is 3. The molecule has 0 aliphatic carbocycles. The SMILES string of the molecule is CN1CCN(C(=O)Nc2cc(Cl)ccc2N2CCc3cc(Cl)ccc32)CC1. The smallest absolute Gasteiger partial charge is 0.321 e. The lowest BCUT2D eigenvalue weighted by molar-refractivity contribution is 0.164. The molecule has 1 saturated heterocycles. The van der Waals surface area contributed by atoms with E-state index < -0.39 is 0 Å². The summed E-state index contributed by atoms with van der Waals surface area (Å²) in [5.41, 5.74) is 4.02. The number of likely N-dealkylation sites (N-methyl/N-ethyl adjacent to an activating group) is 1. The highest BCUT2D eigenvalue weighted by Crippen LogP contribution is 2.40. The first-order chi connectivity index (χ1) is 13.0. The Morgan fingerprint density at radius 2 is 1.59 bits per heavy atom. The van der Waals surface area contributed by atoms with Gasteiger partial charge in [-0.15, -0.1) is 0 Å². The van der Waals surface area contributed by atoms with Crippen molar-refractivity contribution in [2.24, 2.45) is 0 Å². The quantitative estimate of drug-likeness (QED) is 0.802. The van der Waals surface area contributed by atoms with Crippen LogP contribution in [-0.4, -0.2) is 55.6 Å². The highest BCUT2D eigenvalue weighted by molar-refractivity contribution is 6.31. The standard InChI is InChI=1S/C20H22Cl2N4O/c1-24-8-10-25(11-9-24)20(27)23-17-13-16(22)3-5-19(17)26-7-6-14-12-15(21)2-4-18(14)26/h2-5,12-13H,6-11H2,1H3,(H,23,27). The van der Waals surface area contributed by atoms with Gasteiger partial charge in [0.1, 0.15) is 0 Å². The average Bonchev–Trinajstić information content (AvgIpc) is 3.05. The van der Waals surface area contributed by atoms with E-state index >= 15 is 0 Å². The van der Waals surface area contributed by atoms with Gasteiger partial charge in [-0.1, -0.05) is 23.2 Å². The maximum absolute atomic E-state index is 12.8. The number of carbonyl (C=O) groups excluding carboxylic acids is 1. The summed E-state index contributed by atoms with van der Waals surface area (Å²) in [4.78, 5) is 19.0. The number of halogens is 2. The maximum atomic E-state index is 12.8. The Morgan fingerprint density at radius 3 is 2.33 bits per heavy atom. The van der Waals surface area contributed by atoms with Gasteiger partial charge in [0.15, 0.2) is 0 Å². The third kappa shape index (κ3) is 3.86. The predicted octanol–water partition coefficient (Wildman–Crippen LogP) is 4.47. The van der Waals surface area contributed by atoms with Crippen molar-refractivity contribution in [1.82, 2.24) is 9.80 Å². The molecule has 2 aromatic rings. The average molecular weight is 405 g/mol. The van der Waals surface area contributed by atoms with Crippen LogP contribution < -0.4 is 10.2 Å². The minimum absolute atomic E-state index is 0.0813. The van der Waals surface area contributed by atoms with Crippen LogP contribution in [0.15, 0.2) is 36.4 Å². The highest BCUT2D eigenvalue weighted by atomic mass is 35.5. The number of benzene rings is 2. The van der Waals surface area contributed by atoms with Gasteiger partial charge < -0.3 is 20.0 Å². The van der Waals surface area contributed by atoms with Crippen LogP contribution in [0.25, 0.3) is 0 Å². The molecule has 2 heterocycles. The molecule has 0 aromatic heterocycles. The van der Waals surface area contributed by atoms with E-state index in [0.717, 1.165) is 61.2 Å². The van der Waals surface area contributed by atoms with Crippen LogP contribution in [-0.2, 0) is 6.42 Å². The molecular weight excluding hydrogens is 383 g/mol. The summed E-state index contributed by atoms with van der Waals surface area (Å²) >= 11 is 12.4. The molecule has 1 fully saturated rings. The number of carbonyl (C=O) groups is 1. The van der Waals surface area contributed by atoms with Gasteiger partial charge in [0.05, 0.1) is 11.4 Å². The number of urea groups is 1. The van der Waals surface area contributed by atoms with Gasteiger partial charge in [-0.3, -0.25) is 0 Å². The first-order valence-corrected chi connectivity index (χ1v) is 9.87. The van der Waals surface area contributed by atoms with E-state index in [1.54, 1.807) is 0 Å². The van der Waals surface area contributed by atoms with Crippen LogP contribution in [0.3, 0.4) is 0 Å². The molecule has 2 amide bonds. The second kappa shape index (κ2) is 7.58. The van der Waals surface area contributed by atoms with Gasteiger partial charge in [0.25, 0.3) is 0 Å². The van der Waals surface area contributed by atoms with Crippen molar-refractivity contribution >= 4 is 46.3 Å². The molecule has 0 radical (unpaired) electrons. The van der Waals surface area contributed by atoms with Gasteiger partial charge in [0.2, 0.25) is 0 Å². The van der Waals surface area contributed by atoms with Gasteiger partial charge >= 0.3 is 6.03 Å². The normalized spacial score (nSPS) is 17.1. The summed E-state index contributed by atoms with van der Waals surface area (Å²) in [7, 11) is 2.07. The van der Waals surface area contributed by atoms with Crippen molar-refractivity contribution < 1.29 is 4.79 Å². The van der Waals surface area contributed by atoms with E-state index in [1.165, 1.54) is 5.56 Å². The lowest BCUT2D eigenvalue weighted by Crippen LogP contribution is -2.48. The highest BCUT2D eigenvalue weighted by Gasteiger charge is 2.25. The molecule has 0 spiro atoms. The molecule has 7 heteroatoms. The molecule has 2 aromatic carbocycles. The lowest BCUT2D eigenvalue weighted by Gasteiger charge is -2.33. The van der Waals surface area contributed by atoms with Crippen molar-refractivity contribution in [3.63, 3.8) is 0 Å². The zero-order chi connectivity index (χ0) is 19.0. The molecule has 0 atom stereocenters. The van der Waals surface area contributed by atoms with Gasteiger partial charge in [-0.2, -0.15) is 0 Å². The van der Waals surface area contributed by atoms with Crippen molar-refractivity contribution in [1.29, 1.82) is 0 Å². The number of anilines is 3. The fraction of sp³-hybridized carbons (Fsp3) is 0.350. The fourth-order valence-electron chi connectivity index (χ4n) is 3.67. The van der Waals surface area contributed by atoms with Gasteiger partial charge in [0, 0.05) is 48.5 Å². The van der Waals surface area contributed by atoms with Crippen LogP contribution in [0.5, 0.6) is 0 Å². The molecule has 2 aliphatic heterocycles. The Bertz CT molecular complexity index is 865. The summed E-state index contributed by atoms with van der Waals surface area (Å²) in [5.74, 6) is 0. The Morgan fingerprint density at radius 1 is 0.926 bits per heavy atom. The van der Waals surface area contributed by atoms with Crippen molar-refractivity contribution in [3.05, 3.63) is 52.0 Å². The molecule has 0 bridgehead atoms. The van der Waals surface area contributed by atoms with Crippen LogP contribution in [0.2, 0.25) is 10.0 Å². The minimum Gasteiger partial charge on any atom is -0.339 e. The Labute approximate surface area is 169 Å². The van der Waals surface area contributed by atoms with Crippen LogP contribution in [0.1, 0.15) is 5.56 Å². The topological polar surface area (TPSA) is 38.8 Å². The maximum Gasteiger partial charge on any atom is 0.321 e. The van der Waals surface area contributed by atoms with E-state index in [9.17, 15) is 4.79 Å². The third-order valence-electron chi connectivity index (χ3n) is 5.22. The second-order valence-corrected chi connectivity index (χ2v) is 7.93. The molecule has 5 nitrogen and oxygen atoms in total. The van der Waals surface area contributed by atoms with E-state index in [-0.39, 0.29) is 6.03 Å². The Hall–Kier alpha value is -1.95. The largest absolute Gasteiger partial charge is 0.339 e. The van der Waals surface area contributed by atoms with Crippen molar-refractivity contribution in [3.8, 4) is 0 Å². The number of piperazine rings is 1. The zero-order valence-electron chi connectivity index (χ0n) is 15.2. The molecule has 1 N–H and O–H groups in total. The lowest BCUT2D eigenvalue weighted by atomic mass is 10.1. The summed E-state index contributed by atoms with van der Waals surface area (Å²) in [5, 5.41) is 4.42. The number of fused-ring (bicyclic) bond motifs is 1. The molecule has 0 saturated carbocycles. The summed E-state index contributed by atoms with van der Waals surface area (Å²) in [6, 6.07) is 11.5. The molecular formula is C20H22Cl2N4O. The van der Waals surface area contributed by atoms with Crippen molar-refractivity contribution in [2.75, 3.05) is 50.0 Å². The number of hydrogen-bond donors (Lipinski definition) is 1. The Balaban J connectivity index is 1.60. The minimum atomic E-state index is -0.0813. The van der Waals surface area contributed by atoms with E-state index in [2.05, 4.69) is 22.2 Å². The van der Waals surface area contributed by atoms with E-state index in [4.69, 9.17) is 23.2 Å². The molecule has 27 heavy (non-hydrogen) atoms.